The van der Waals surface area contributed by atoms with Gasteiger partial charge in [-0.25, -0.2) is 13.6 Å². The molecule has 1 atom stereocenters. The van der Waals surface area contributed by atoms with Crippen molar-refractivity contribution >= 4 is 21.6 Å². The first kappa shape index (κ1) is 18.6. The van der Waals surface area contributed by atoms with E-state index in [4.69, 9.17) is 9.66 Å². The van der Waals surface area contributed by atoms with E-state index < -0.39 is 10.0 Å². The van der Waals surface area contributed by atoms with E-state index in [1.165, 1.54) is 6.07 Å². The number of anilines is 1. The van der Waals surface area contributed by atoms with Crippen molar-refractivity contribution in [2.75, 3.05) is 18.5 Å². The fourth-order valence-electron chi connectivity index (χ4n) is 3.30. The highest BCUT2D eigenvalue weighted by atomic mass is 32.2. The zero-order valence-corrected chi connectivity index (χ0v) is 15.8. The lowest BCUT2D eigenvalue weighted by Gasteiger charge is -2.25. The molecule has 0 radical (unpaired) electrons. The zero-order chi connectivity index (χ0) is 19.1. The summed E-state index contributed by atoms with van der Waals surface area (Å²) < 4.78 is 28.1. The highest BCUT2D eigenvalue weighted by molar-refractivity contribution is 7.89. The van der Waals surface area contributed by atoms with Crippen LogP contribution in [0.25, 0.3) is 0 Å². The molecule has 26 heavy (non-hydrogen) atoms. The van der Waals surface area contributed by atoms with Gasteiger partial charge in [0.05, 0.1) is 17.1 Å². The van der Waals surface area contributed by atoms with Gasteiger partial charge in [0.1, 0.15) is 5.76 Å². The van der Waals surface area contributed by atoms with Gasteiger partial charge >= 0.3 is 0 Å². The second-order valence-corrected chi connectivity index (χ2v) is 8.32. The number of nitrogens with zero attached hydrogens (tertiary/aromatic N) is 3. The Morgan fingerprint density at radius 3 is 2.77 bits per heavy atom. The Kier molecular flexibility index (Phi) is 4.87. The van der Waals surface area contributed by atoms with E-state index in [0.29, 0.717) is 13.0 Å². The van der Waals surface area contributed by atoms with Crippen LogP contribution >= 0.6 is 0 Å². The van der Waals surface area contributed by atoms with Gasteiger partial charge in [-0.15, -0.1) is 0 Å². The third-order valence-corrected chi connectivity index (χ3v) is 5.29. The molecule has 0 aliphatic carbocycles. The van der Waals surface area contributed by atoms with Gasteiger partial charge in [-0.05, 0) is 51.1 Å². The van der Waals surface area contributed by atoms with Crippen LogP contribution in [-0.4, -0.2) is 44.0 Å². The second kappa shape index (κ2) is 6.82. The molecular weight excluding hydrogens is 356 g/mol. The Bertz CT molecular complexity index is 938. The molecule has 1 aromatic heterocycles. The number of aryl methyl sites for hydroxylation is 1. The third-order valence-electron chi connectivity index (χ3n) is 4.38. The van der Waals surface area contributed by atoms with Crippen LogP contribution in [0.15, 0.2) is 33.7 Å². The highest BCUT2D eigenvalue weighted by Gasteiger charge is 2.32. The Balaban J connectivity index is 1.74. The molecular formula is C17H22N4O4S. The van der Waals surface area contributed by atoms with E-state index in [9.17, 15) is 13.2 Å². The van der Waals surface area contributed by atoms with Crippen LogP contribution in [0.4, 0.5) is 5.69 Å². The number of amides is 1. The molecule has 1 unspecified atom stereocenters. The SMILES string of the molecule is Cc1cc(CN(C)CC(=O)N2c3ccc(S(N)(=O)=O)cc3CC2C)no1. The number of rotatable bonds is 5. The van der Waals surface area contributed by atoms with Crippen LogP contribution in [0, 0.1) is 6.92 Å². The number of aromatic nitrogens is 1. The molecule has 1 aliphatic rings. The van der Waals surface area contributed by atoms with Gasteiger partial charge in [0.25, 0.3) is 0 Å². The molecule has 1 aliphatic heterocycles. The maximum atomic E-state index is 12.8. The standard InChI is InChI=1S/C17H22N4O4S/c1-11-6-13-8-15(26(18,23)24)4-5-16(13)21(11)17(22)10-20(3)9-14-7-12(2)25-19-14/h4-5,7-8,11H,6,9-10H2,1-3H3,(H2,18,23,24). The lowest BCUT2D eigenvalue weighted by Crippen LogP contribution is -2.42. The third kappa shape index (κ3) is 3.79. The maximum Gasteiger partial charge on any atom is 0.241 e. The number of nitrogens with two attached hydrogens (primary N) is 1. The number of carbonyl (C=O) groups is 1. The average Bonchev–Trinajstić information content (AvgIpc) is 3.07. The van der Waals surface area contributed by atoms with Crippen molar-refractivity contribution < 1.29 is 17.7 Å². The maximum absolute atomic E-state index is 12.8. The van der Waals surface area contributed by atoms with Crippen molar-refractivity contribution in [3.8, 4) is 0 Å². The van der Waals surface area contributed by atoms with Gasteiger partial charge in [0.2, 0.25) is 15.9 Å². The lowest BCUT2D eigenvalue weighted by atomic mass is 10.1. The Morgan fingerprint density at radius 1 is 1.42 bits per heavy atom. The van der Waals surface area contributed by atoms with Crippen molar-refractivity contribution in [3.05, 3.63) is 41.3 Å². The fourth-order valence-corrected chi connectivity index (χ4v) is 3.86. The first-order valence-electron chi connectivity index (χ1n) is 8.23. The second-order valence-electron chi connectivity index (χ2n) is 6.75. The number of likely N-dealkylation sites (N-methyl/N-ethyl adjacent to an activating group) is 1. The molecule has 140 valence electrons. The van der Waals surface area contributed by atoms with Crippen molar-refractivity contribution in [3.63, 3.8) is 0 Å². The predicted molar refractivity (Wildman–Crippen MR) is 96.0 cm³/mol. The largest absolute Gasteiger partial charge is 0.361 e. The van der Waals surface area contributed by atoms with Gasteiger partial charge in [-0.1, -0.05) is 5.16 Å². The van der Waals surface area contributed by atoms with Crippen molar-refractivity contribution in [2.45, 2.75) is 37.8 Å². The number of primary sulfonamides is 1. The van der Waals surface area contributed by atoms with Crippen LogP contribution in [-0.2, 0) is 27.8 Å². The van der Waals surface area contributed by atoms with E-state index in [0.717, 1.165) is 22.7 Å². The highest BCUT2D eigenvalue weighted by Crippen LogP contribution is 2.33. The minimum absolute atomic E-state index is 0.0454. The first-order chi connectivity index (χ1) is 12.1. The van der Waals surface area contributed by atoms with Gasteiger partial charge in [-0.2, -0.15) is 0 Å². The molecule has 0 bridgehead atoms. The summed E-state index contributed by atoms with van der Waals surface area (Å²) in [7, 11) is -1.92. The zero-order valence-electron chi connectivity index (χ0n) is 15.0. The van der Waals surface area contributed by atoms with Crippen molar-refractivity contribution in [1.82, 2.24) is 10.1 Å². The molecule has 3 rings (SSSR count). The number of fused-ring (bicyclic) bond motifs is 1. The van der Waals surface area contributed by atoms with Crippen LogP contribution in [0.2, 0.25) is 0 Å². The topological polar surface area (TPSA) is 110 Å². The molecule has 2 N–H and O–H groups in total. The van der Waals surface area contributed by atoms with E-state index in [2.05, 4.69) is 5.16 Å². The number of hydrogen-bond acceptors (Lipinski definition) is 6. The minimum atomic E-state index is -3.76. The van der Waals surface area contributed by atoms with Gasteiger partial charge < -0.3 is 9.42 Å². The number of hydrogen-bond donors (Lipinski definition) is 1. The van der Waals surface area contributed by atoms with Crippen molar-refractivity contribution in [1.29, 1.82) is 0 Å². The van der Waals surface area contributed by atoms with Crippen LogP contribution in [0.1, 0.15) is 23.9 Å². The quantitative estimate of drug-likeness (QED) is 0.832. The molecule has 2 aromatic rings. The smallest absolute Gasteiger partial charge is 0.241 e. The minimum Gasteiger partial charge on any atom is -0.361 e. The Morgan fingerprint density at radius 2 is 2.15 bits per heavy atom. The normalized spacial score (nSPS) is 17.0. The average molecular weight is 378 g/mol. The lowest BCUT2D eigenvalue weighted by molar-refractivity contribution is -0.119. The Labute approximate surface area is 152 Å². The molecule has 0 fully saturated rings. The van der Waals surface area contributed by atoms with E-state index in [1.54, 1.807) is 17.0 Å². The summed E-state index contributed by atoms with van der Waals surface area (Å²) in [5.41, 5.74) is 2.32. The molecule has 1 aromatic carbocycles. The van der Waals surface area contributed by atoms with Gasteiger partial charge in [-0.3, -0.25) is 9.69 Å². The number of carbonyl (C=O) groups excluding carboxylic acids is 1. The first-order valence-corrected chi connectivity index (χ1v) is 9.78. The van der Waals surface area contributed by atoms with E-state index in [1.807, 2.05) is 31.9 Å². The van der Waals surface area contributed by atoms with Crippen LogP contribution < -0.4 is 10.0 Å². The Hall–Kier alpha value is -2.23. The number of benzene rings is 1. The molecule has 9 heteroatoms. The summed E-state index contributed by atoms with van der Waals surface area (Å²) >= 11 is 0. The molecule has 2 heterocycles. The summed E-state index contributed by atoms with van der Waals surface area (Å²) in [4.78, 5) is 16.4. The monoisotopic (exact) mass is 378 g/mol. The van der Waals surface area contributed by atoms with Gasteiger partial charge in [0, 0.05) is 24.3 Å². The molecule has 8 nitrogen and oxygen atoms in total. The predicted octanol–water partition coefficient (Wildman–Crippen LogP) is 1.04. The molecule has 1 amide bonds. The fraction of sp³-hybridized carbons (Fsp3) is 0.412. The summed E-state index contributed by atoms with van der Waals surface area (Å²) in [6, 6.07) is 6.43. The number of sulfonamides is 1. The van der Waals surface area contributed by atoms with Crippen LogP contribution in [0.3, 0.4) is 0 Å². The van der Waals surface area contributed by atoms with Crippen LogP contribution in [0.5, 0.6) is 0 Å². The van der Waals surface area contributed by atoms with E-state index >= 15 is 0 Å². The summed E-state index contributed by atoms with van der Waals surface area (Å²) in [5.74, 6) is 0.676. The molecule has 0 spiro atoms. The van der Waals surface area contributed by atoms with Crippen molar-refractivity contribution in [2.24, 2.45) is 5.14 Å². The summed E-state index contributed by atoms with van der Waals surface area (Å²) in [5, 5.41) is 9.13. The van der Waals surface area contributed by atoms with E-state index in [-0.39, 0.29) is 23.4 Å². The molecule has 0 saturated heterocycles. The summed E-state index contributed by atoms with van der Waals surface area (Å²) in [6.07, 6.45) is 0.594. The van der Waals surface area contributed by atoms with Gasteiger partial charge in [0.15, 0.2) is 0 Å². The molecule has 0 saturated carbocycles. The summed E-state index contributed by atoms with van der Waals surface area (Å²) in [6.45, 7) is 4.48.